The minimum absolute atomic E-state index is 0.408. The van der Waals surface area contributed by atoms with Crippen molar-refractivity contribution >= 4 is 21.7 Å². The molecule has 0 atom stereocenters. The molecule has 0 spiro atoms. The van der Waals surface area contributed by atoms with Gasteiger partial charge in [0.15, 0.2) is 11.6 Å². The summed E-state index contributed by atoms with van der Waals surface area (Å²) in [5.74, 6) is 1.11. The van der Waals surface area contributed by atoms with Gasteiger partial charge in [-0.1, -0.05) is 57.5 Å². The first kappa shape index (κ1) is 12.9. The number of aromatic nitrogens is 1. The molecule has 3 aromatic rings. The second-order valence-electron chi connectivity index (χ2n) is 4.60. The second-order valence-corrected chi connectivity index (χ2v) is 5.51. The van der Waals surface area contributed by atoms with E-state index in [1.165, 1.54) is 0 Å². The fraction of sp³-hybridized carbons (Fsp3) is 0.0625. The fourth-order valence-corrected chi connectivity index (χ4v) is 2.57. The average Bonchev–Trinajstić information content (AvgIpc) is 2.84. The van der Waals surface area contributed by atoms with Crippen molar-refractivity contribution in [3.05, 3.63) is 58.6 Å². The summed E-state index contributed by atoms with van der Waals surface area (Å²) < 4.78 is 6.47. The highest BCUT2D eigenvalue weighted by Gasteiger charge is 2.19. The van der Waals surface area contributed by atoms with Gasteiger partial charge in [0.05, 0.1) is 5.56 Å². The van der Waals surface area contributed by atoms with E-state index in [9.17, 15) is 0 Å². The Bertz CT molecular complexity index is 750. The number of hydrogen-bond acceptors (Lipinski definition) is 3. The molecule has 0 aliphatic rings. The Hall–Kier alpha value is -2.07. The second kappa shape index (κ2) is 5.13. The van der Waals surface area contributed by atoms with Crippen LogP contribution in [0.15, 0.2) is 57.5 Å². The molecule has 1 aromatic heterocycles. The third-order valence-electron chi connectivity index (χ3n) is 3.23. The van der Waals surface area contributed by atoms with Gasteiger partial charge < -0.3 is 10.3 Å². The fourth-order valence-electron chi connectivity index (χ4n) is 2.21. The van der Waals surface area contributed by atoms with E-state index in [0.717, 1.165) is 26.7 Å². The van der Waals surface area contributed by atoms with Gasteiger partial charge in [-0.25, -0.2) is 0 Å². The van der Waals surface area contributed by atoms with E-state index < -0.39 is 0 Å². The van der Waals surface area contributed by atoms with Crippen LogP contribution in [-0.2, 0) is 0 Å². The molecule has 0 unspecified atom stereocenters. The molecule has 0 saturated carbocycles. The minimum Gasteiger partial charge on any atom is -0.380 e. The predicted octanol–water partition coefficient (Wildman–Crippen LogP) is 4.66. The standard InChI is InChI=1S/C16H13BrN2O/c1-10-7-8-12(17)9-13(10)15-14(16(18)19-20-15)11-5-3-2-4-6-11/h2-9H,1H3,(H2,18,19). The van der Waals surface area contributed by atoms with Gasteiger partial charge in [-0.15, -0.1) is 0 Å². The van der Waals surface area contributed by atoms with E-state index in [1.807, 2.05) is 55.5 Å². The van der Waals surface area contributed by atoms with Crippen LogP contribution in [0.5, 0.6) is 0 Å². The number of benzene rings is 2. The number of aryl methyl sites for hydroxylation is 1. The van der Waals surface area contributed by atoms with Crippen LogP contribution in [0.1, 0.15) is 5.56 Å². The van der Waals surface area contributed by atoms with Crippen molar-refractivity contribution in [2.24, 2.45) is 0 Å². The Labute approximate surface area is 125 Å². The van der Waals surface area contributed by atoms with E-state index >= 15 is 0 Å². The summed E-state index contributed by atoms with van der Waals surface area (Å²) in [6, 6.07) is 16.0. The van der Waals surface area contributed by atoms with E-state index in [4.69, 9.17) is 10.3 Å². The summed E-state index contributed by atoms with van der Waals surface area (Å²) in [6.07, 6.45) is 0. The lowest BCUT2D eigenvalue weighted by atomic mass is 9.99. The first-order valence-electron chi connectivity index (χ1n) is 6.24. The van der Waals surface area contributed by atoms with Gasteiger partial charge in [0.1, 0.15) is 0 Å². The first-order chi connectivity index (χ1) is 9.66. The first-order valence-corrected chi connectivity index (χ1v) is 7.03. The molecular weight excluding hydrogens is 316 g/mol. The SMILES string of the molecule is Cc1ccc(Br)cc1-c1onc(N)c1-c1ccccc1. The Morgan fingerprint density at radius 2 is 1.85 bits per heavy atom. The van der Waals surface area contributed by atoms with Gasteiger partial charge in [-0.05, 0) is 30.2 Å². The van der Waals surface area contributed by atoms with Gasteiger partial charge in [0.2, 0.25) is 0 Å². The zero-order valence-electron chi connectivity index (χ0n) is 10.9. The summed E-state index contributed by atoms with van der Waals surface area (Å²) in [6.45, 7) is 2.04. The molecule has 4 heteroatoms. The normalized spacial score (nSPS) is 10.7. The smallest absolute Gasteiger partial charge is 0.177 e. The lowest BCUT2D eigenvalue weighted by Gasteiger charge is -2.06. The third kappa shape index (κ3) is 2.23. The van der Waals surface area contributed by atoms with Crippen molar-refractivity contribution in [2.75, 3.05) is 5.73 Å². The Morgan fingerprint density at radius 3 is 2.60 bits per heavy atom. The van der Waals surface area contributed by atoms with Crippen LogP contribution in [0.4, 0.5) is 5.82 Å². The van der Waals surface area contributed by atoms with Crippen LogP contribution < -0.4 is 5.73 Å². The molecule has 3 nitrogen and oxygen atoms in total. The summed E-state index contributed by atoms with van der Waals surface area (Å²) in [4.78, 5) is 0. The lowest BCUT2D eigenvalue weighted by molar-refractivity contribution is 0.436. The zero-order valence-corrected chi connectivity index (χ0v) is 12.5. The van der Waals surface area contributed by atoms with E-state index in [-0.39, 0.29) is 0 Å². The molecule has 0 radical (unpaired) electrons. The molecule has 20 heavy (non-hydrogen) atoms. The molecule has 0 aliphatic carbocycles. The van der Waals surface area contributed by atoms with Crippen LogP contribution in [0.25, 0.3) is 22.5 Å². The molecule has 2 N–H and O–H groups in total. The number of hydrogen-bond donors (Lipinski definition) is 1. The summed E-state index contributed by atoms with van der Waals surface area (Å²) in [5.41, 5.74) is 9.92. The number of nitrogens with two attached hydrogens (primary N) is 1. The Kier molecular flexibility index (Phi) is 3.32. The molecular formula is C16H13BrN2O. The van der Waals surface area contributed by atoms with E-state index in [2.05, 4.69) is 21.1 Å². The van der Waals surface area contributed by atoms with E-state index in [0.29, 0.717) is 11.6 Å². The summed E-state index contributed by atoms with van der Waals surface area (Å²) >= 11 is 3.49. The van der Waals surface area contributed by atoms with Gasteiger partial charge in [-0.3, -0.25) is 0 Å². The van der Waals surface area contributed by atoms with Crippen molar-refractivity contribution in [3.63, 3.8) is 0 Å². The molecule has 0 fully saturated rings. The molecule has 0 saturated heterocycles. The van der Waals surface area contributed by atoms with Gasteiger partial charge in [0.25, 0.3) is 0 Å². The predicted molar refractivity (Wildman–Crippen MR) is 84.2 cm³/mol. The highest BCUT2D eigenvalue weighted by molar-refractivity contribution is 9.10. The maximum absolute atomic E-state index is 5.98. The topological polar surface area (TPSA) is 52.0 Å². The van der Waals surface area contributed by atoms with Crippen molar-refractivity contribution in [1.29, 1.82) is 0 Å². The molecule has 0 bridgehead atoms. The Morgan fingerprint density at radius 1 is 1.10 bits per heavy atom. The maximum Gasteiger partial charge on any atom is 0.177 e. The highest BCUT2D eigenvalue weighted by Crippen LogP contribution is 2.38. The number of nitrogen functional groups attached to an aromatic ring is 1. The lowest BCUT2D eigenvalue weighted by Crippen LogP contribution is -1.89. The van der Waals surface area contributed by atoms with Crippen LogP contribution in [0.2, 0.25) is 0 Å². The molecule has 0 amide bonds. The molecule has 3 rings (SSSR count). The molecule has 100 valence electrons. The van der Waals surface area contributed by atoms with Gasteiger partial charge in [-0.2, -0.15) is 0 Å². The number of rotatable bonds is 2. The Balaban J connectivity index is 2.24. The molecule has 2 aromatic carbocycles. The number of nitrogens with zero attached hydrogens (tertiary/aromatic N) is 1. The van der Waals surface area contributed by atoms with Crippen molar-refractivity contribution < 1.29 is 4.52 Å². The van der Waals surface area contributed by atoms with Crippen LogP contribution >= 0.6 is 15.9 Å². The monoisotopic (exact) mass is 328 g/mol. The third-order valence-corrected chi connectivity index (χ3v) is 3.72. The van der Waals surface area contributed by atoms with E-state index in [1.54, 1.807) is 0 Å². The van der Waals surface area contributed by atoms with Gasteiger partial charge >= 0.3 is 0 Å². The molecule has 1 heterocycles. The van der Waals surface area contributed by atoms with Crippen molar-refractivity contribution in [2.45, 2.75) is 6.92 Å². The van der Waals surface area contributed by atoms with Crippen molar-refractivity contribution in [3.8, 4) is 22.5 Å². The van der Waals surface area contributed by atoms with Crippen molar-refractivity contribution in [1.82, 2.24) is 5.16 Å². The van der Waals surface area contributed by atoms with Crippen LogP contribution in [0.3, 0.4) is 0 Å². The minimum atomic E-state index is 0.408. The zero-order chi connectivity index (χ0) is 14.1. The number of anilines is 1. The quantitative estimate of drug-likeness (QED) is 0.744. The van der Waals surface area contributed by atoms with Crippen LogP contribution in [-0.4, -0.2) is 5.16 Å². The average molecular weight is 329 g/mol. The molecule has 0 aliphatic heterocycles. The summed E-state index contributed by atoms with van der Waals surface area (Å²) in [7, 11) is 0. The summed E-state index contributed by atoms with van der Waals surface area (Å²) in [5, 5.41) is 3.93. The largest absolute Gasteiger partial charge is 0.380 e. The maximum atomic E-state index is 5.98. The van der Waals surface area contributed by atoms with Crippen LogP contribution in [0, 0.1) is 6.92 Å². The van der Waals surface area contributed by atoms with Gasteiger partial charge in [0, 0.05) is 10.0 Å². The number of halogens is 1. The highest BCUT2D eigenvalue weighted by atomic mass is 79.9.